The third-order valence-corrected chi connectivity index (χ3v) is 4.16. The van der Waals surface area contributed by atoms with Crippen LogP contribution >= 0.6 is 0 Å². The molecule has 4 N–H and O–H groups in total. The summed E-state index contributed by atoms with van der Waals surface area (Å²) in [6.45, 7) is 4.10. The number of nitrogens with zero attached hydrogens (tertiary/aromatic N) is 3. The number of rotatable bonds is 6. The summed E-state index contributed by atoms with van der Waals surface area (Å²) in [4.78, 5) is 15.6. The molecule has 2 aromatic heterocycles. The number of nitrogens with two attached hydrogens (primary N) is 1. The Bertz CT molecular complexity index is 886. The normalized spacial score (nSPS) is 12.5. The molecule has 1 amide bonds. The topological polar surface area (TPSA) is 106 Å². The van der Waals surface area contributed by atoms with Crippen LogP contribution in [0.5, 0.6) is 0 Å². The molecule has 1 atom stereocenters. The SMILES string of the molecule is CC(C)[C@@H](CO)Nc1ccc2ncc(-c3ccc(C(N)=O)cc3)n2n1. The van der Waals surface area contributed by atoms with E-state index in [1.807, 2.05) is 38.1 Å². The van der Waals surface area contributed by atoms with Gasteiger partial charge in [-0.3, -0.25) is 4.79 Å². The smallest absolute Gasteiger partial charge is 0.248 e. The standard InChI is InChI=1S/C18H21N5O2/c1-11(2)14(10-24)21-16-7-8-17-20-9-15(23(17)22-16)12-3-5-13(6-4-12)18(19)25/h3-9,11,14,24H,10H2,1-2H3,(H2,19,25)(H,21,22)/t14-/m1/s1. The van der Waals surface area contributed by atoms with E-state index in [2.05, 4.69) is 15.4 Å². The lowest BCUT2D eigenvalue weighted by molar-refractivity contribution is 0.100. The predicted molar refractivity (Wildman–Crippen MR) is 96.3 cm³/mol. The average Bonchev–Trinajstić information content (AvgIpc) is 3.02. The molecule has 7 heteroatoms. The first kappa shape index (κ1) is 16.9. The molecule has 0 aliphatic heterocycles. The molecule has 3 aromatic rings. The number of anilines is 1. The Morgan fingerprint density at radius 3 is 2.56 bits per heavy atom. The fourth-order valence-corrected chi connectivity index (χ4v) is 2.57. The minimum absolute atomic E-state index is 0.0305. The largest absolute Gasteiger partial charge is 0.394 e. The van der Waals surface area contributed by atoms with Gasteiger partial charge in [0.2, 0.25) is 5.91 Å². The summed E-state index contributed by atoms with van der Waals surface area (Å²) < 4.78 is 1.73. The minimum Gasteiger partial charge on any atom is -0.394 e. The maximum Gasteiger partial charge on any atom is 0.248 e. The van der Waals surface area contributed by atoms with Crippen molar-refractivity contribution in [2.45, 2.75) is 19.9 Å². The second-order valence-corrected chi connectivity index (χ2v) is 6.25. The Hall–Kier alpha value is -2.93. The fourth-order valence-electron chi connectivity index (χ4n) is 2.57. The van der Waals surface area contributed by atoms with Crippen LogP contribution in [0.3, 0.4) is 0 Å². The number of aliphatic hydroxyl groups is 1. The lowest BCUT2D eigenvalue weighted by Crippen LogP contribution is -2.30. The molecular formula is C18H21N5O2. The monoisotopic (exact) mass is 339 g/mol. The molecule has 1 aromatic carbocycles. The molecule has 0 unspecified atom stereocenters. The third kappa shape index (κ3) is 3.46. The van der Waals surface area contributed by atoms with E-state index in [0.29, 0.717) is 17.0 Å². The van der Waals surface area contributed by atoms with E-state index in [9.17, 15) is 9.90 Å². The second-order valence-electron chi connectivity index (χ2n) is 6.25. The molecule has 0 fully saturated rings. The van der Waals surface area contributed by atoms with Crippen molar-refractivity contribution >= 4 is 17.4 Å². The van der Waals surface area contributed by atoms with Gasteiger partial charge in [0, 0.05) is 11.1 Å². The van der Waals surface area contributed by atoms with E-state index < -0.39 is 5.91 Å². The molecule has 0 saturated carbocycles. The number of hydrogen-bond donors (Lipinski definition) is 3. The summed E-state index contributed by atoms with van der Waals surface area (Å²) in [6, 6.07) is 10.6. The van der Waals surface area contributed by atoms with E-state index in [4.69, 9.17) is 5.73 Å². The summed E-state index contributed by atoms with van der Waals surface area (Å²) in [5.41, 5.74) is 8.13. The number of amides is 1. The van der Waals surface area contributed by atoms with Crippen LogP contribution in [0.2, 0.25) is 0 Å². The number of imidazole rings is 1. The van der Waals surface area contributed by atoms with Crippen LogP contribution in [0.25, 0.3) is 16.9 Å². The summed E-state index contributed by atoms with van der Waals surface area (Å²) in [7, 11) is 0. The first-order chi connectivity index (χ1) is 12.0. The Morgan fingerprint density at radius 1 is 1.24 bits per heavy atom. The van der Waals surface area contributed by atoms with Crippen molar-refractivity contribution in [1.29, 1.82) is 0 Å². The Kier molecular flexibility index (Phi) is 4.67. The van der Waals surface area contributed by atoms with E-state index in [1.165, 1.54) is 0 Å². The van der Waals surface area contributed by atoms with Crippen molar-refractivity contribution in [3.8, 4) is 11.3 Å². The van der Waals surface area contributed by atoms with Gasteiger partial charge in [-0.2, -0.15) is 0 Å². The van der Waals surface area contributed by atoms with Gasteiger partial charge in [-0.25, -0.2) is 9.50 Å². The van der Waals surface area contributed by atoms with E-state index in [0.717, 1.165) is 11.3 Å². The molecule has 0 aliphatic carbocycles. The Morgan fingerprint density at radius 2 is 1.96 bits per heavy atom. The maximum absolute atomic E-state index is 11.2. The first-order valence-corrected chi connectivity index (χ1v) is 8.12. The number of primary amides is 1. The molecular weight excluding hydrogens is 318 g/mol. The van der Waals surface area contributed by atoms with Crippen molar-refractivity contribution < 1.29 is 9.90 Å². The number of aromatic nitrogens is 3. The van der Waals surface area contributed by atoms with E-state index in [1.54, 1.807) is 22.8 Å². The number of carbonyl (C=O) groups excluding carboxylic acids is 1. The van der Waals surface area contributed by atoms with Crippen LogP contribution in [0.1, 0.15) is 24.2 Å². The molecule has 7 nitrogen and oxygen atoms in total. The molecule has 3 rings (SSSR count). The fraction of sp³-hybridized carbons (Fsp3) is 0.278. The predicted octanol–water partition coefficient (Wildman–Crippen LogP) is 1.92. The highest BCUT2D eigenvalue weighted by molar-refractivity contribution is 5.93. The number of carbonyl (C=O) groups is 1. The Labute approximate surface area is 145 Å². The maximum atomic E-state index is 11.2. The highest BCUT2D eigenvalue weighted by Crippen LogP contribution is 2.22. The third-order valence-electron chi connectivity index (χ3n) is 4.16. The number of fused-ring (bicyclic) bond motifs is 1. The lowest BCUT2D eigenvalue weighted by atomic mass is 10.1. The molecule has 130 valence electrons. The van der Waals surface area contributed by atoms with Gasteiger partial charge in [-0.1, -0.05) is 26.0 Å². The van der Waals surface area contributed by atoms with Gasteiger partial charge in [-0.05, 0) is 30.2 Å². The minimum atomic E-state index is -0.460. The zero-order chi connectivity index (χ0) is 18.0. The van der Waals surface area contributed by atoms with Gasteiger partial charge in [0.1, 0.15) is 5.82 Å². The van der Waals surface area contributed by atoms with Crippen LogP contribution in [-0.4, -0.2) is 38.3 Å². The van der Waals surface area contributed by atoms with Crippen molar-refractivity contribution in [3.05, 3.63) is 48.2 Å². The summed E-state index contributed by atoms with van der Waals surface area (Å²) in [6.07, 6.45) is 1.73. The first-order valence-electron chi connectivity index (χ1n) is 8.12. The van der Waals surface area contributed by atoms with Gasteiger partial charge in [0.05, 0.1) is 24.5 Å². The average molecular weight is 339 g/mol. The van der Waals surface area contributed by atoms with Crippen LogP contribution < -0.4 is 11.1 Å². The van der Waals surface area contributed by atoms with Crippen LogP contribution in [0.4, 0.5) is 5.82 Å². The van der Waals surface area contributed by atoms with Gasteiger partial charge in [0.25, 0.3) is 0 Å². The lowest BCUT2D eigenvalue weighted by Gasteiger charge is -2.20. The number of hydrogen-bond acceptors (Lipinski definition) is 5. The zero-order valence-electron chi connectivity index (χ0n) is 14.2. The van der Waals surface area contributed by atoms with Gasteiger partial charge >= 0.3 is 0 Å². The molecule has 0 aliphatic rings. The second kappa shape index (κ2) is 6.90. The van der Waals surface area contributed by atoms with Gasteiger partial charge in [-0.15, -0.1) is 5.10 Å². The molecule has 0 bridgehead atoms. The quantitative estimate of drug-likeness (QED) is 0.636. The van der Waals surface area contributed by atoms with Crippen molar-refractivity contribution in [3.63, 3.8) is 0 Å². The summed E-state index contributed by atoms with van der Waals surface area (Å²) in [5.74, 6) is 0.470. The van der Waals surface area contributed by atoms with Crippen molar-refractivity contribution in [2.24, 2.45) is 11.7 Å². The van der Waals surface area contributed by atoms with Crippen molar-refractivity contribution in [1.82, 2.24) is 14.6 Å². The zero-order valence-corrected chi connectivity index (χ0v) is 14.2. The van der Waals surface area contributed by atoms with Gasteiger partial charge in [0.15, 0.2) is 5.65 Å². The molecule has 2 heterocycles. The van der Waals surface area contributed by atoms with E-state index in [-0.39, 0.29) is 18.6 Å². The van der Waals surface area contributed by atoms with Crippen LogP contribution in [-0.2, 0) is 0 Å². The molecule has 25 heavy (non-hydrogen) atoms. The van der Waals surface area contributed by atoms with Gasteiger partial charge < -0.3 is 16.2 Å². The Balaban J connectivity index is 1.96. The summed E-state index contributed by atoms with van der Waals surface area (Å²) >= 11 is 0. The van der Waals surface area contributed by atoms with E-state index >= 15 is 0 Å². The summed E-state index contributed by atoms with van der Waals surface area (Å²) in [5, 5.41) is 17.3. The number of benzene rings is 1. The number of aliphatic hydroxyl groups excluding tert-OH is 1. The molecule has 0 spiro atoms. The van der Waals surface area contributed by atoms with Crippen LogP contribution in [0, 0.1) is 5.92 Å². The highest BCUT2D eigenvalue weighted by Gasteiger charge is 2.14. The highest BCUT2D eigenvalue weighted by atomic mass is 16.3. The van der Waals surface area contributed by atoms with Crippen LogP contribution in [0.15, 0.2) is 42.6 Å². The number of nitrogens with one attached hydrogen (secondary N) is 1. The molecule has 0 radical (unpaired) electrons. The van der Waals surface area contributed by atoms with Crippen molar-refractivity contribution in [2.75, 3.05) is 11.9 Å². The molecule has 0 saturated heterocycles.